The van der Waals surface area contributed by atoms with E-state index in [1.807, 2.05) is 35.8 Å². The number of hydrogen-bond donors (Lipinski definition) is 0. The van der Waals surface area contributed by atoms with Gasteiger partial charge in [0.05, 0.1) is 0 Å². The van der Waals surface area contributed by atoms with E-state index in [9.17, 15) is 9.59 Å². The Morgan fingerprint density at radius 2 is 2.04 bits per heavy atom. The van der Waals surface area contributed by atoms with Gasteiger partial charge in [-0.3, -0.25) is 9.59 Å². The van der Waals surface area contributed by atoms with Crippen LogP contribution in [0.3, 0.4) is 0 Å². The highest BCUT2D eigenvalue weighted by Crippen LogP contribution is 2.27. The van der Waals surface area contributed by atoms with Crippen molar-refractivity contribution in [3.8, 4) is 0 Å². The van der Waals surface area contributed by atoms with E-state index >= 15 is 0 Å². The molecule has 0 radical (unpaired) electrons. The van der Waals surface area contributed by atoms with Crippen LogP contribution in [0, 0.1) is 0 Å². The van der Waals surface area contributed by atoms with Gasteiger partial charge in [-0.05, 0) is 25.8 Å². The van der Waals surface area contributed by atoms with Crippen molar-refractivity contribution in [1.82, 2.24) is 19.0 Å². The van der Waals surface area contributed by atoms with E-state index in [0.717, 1.165) is 18.7 Å². The lowest BCUT2D eigenvalue weighted by atomic mass is 9.95. The molecule has 2 aromatic rings. The SMILES string of the molecule is CCn1ccc(C(=O)N2CCC(c3nccn3C)CC2)cc1=O. The summed E-state index contributed by atoms with van der Waals surface area (Å²) in [4.78, 5) is 30.7. The minimum Gasteiger partial charge on any atom is -0.339 e. The van der Waals surface area contributed by atoms with Crippen LogP contribution in [-0.2, 0) is 13.6 Å². The van der Waals surface area contributed by atoms with Crippen LogP contribution in [0.15, 0.2) is 35.5 Å². The Morgan fingerprint density at radius 3 is 2.61 bits per heavy atom. The molecule has 0 aromatic carbocycles. The van der Waals surface area contributed by atoms with Gasteiger partial charge >= 0.3 is 0 Å². The molecule has 122 valence electrons. The van der Waals surface area contributed by atoms with Crippen molar-refractivity contribution in [2.45, 2.75) is 32.2 Å². The summed E-state index contributed by atoms with van der Waals surface area (Å²) < 4.78 is 3.64. The lowest BCUT2D eigenvalue weighted by Gasteiger charge is -2.31. The first-order valence-electron chi connectivity index (χ1n) is 8.07. The summed E-state index contributed by atoms with van der Waals surface area (Å²) in [6.07, 6.45) is 7.27. The molecule has 0 N–H and O–H groups in total. The average molecular weight is 314 g/mol. The molecule has 0 aliphatic carbocycles. The molecule has 0 atom stereocenters. The highest BCUT2D eigenvalue weighted by molar-refractivity contribution is 5.94. The van der Waals surface area contributed by atoms with Gasteiger partial charge in [0, 0.05) is 62.8 Å². The molecule has 1 aliphatic rings. The maximum atomic E-state index is 12.6. The summed E-state index contributed by atoms with van der Waals surface area (Å²) in [5, 5.41) is 0. The summed E-state index contributed by atoms with van der Waals surface area (Å²) in [6.45, 7) is 3.92. The Bertz CT molecular complexity index is 754. The van der Waals surface area contributed by atoms with E-state index < -0.39 is 0 Å². The number of aromatic nitrogens is 3. The second kappa shape index (κ2) is 6.40. The van der Waals surface area contributed by atoms with E-state index in [1.54, 1.807) is 16.8 Å². The molecule has 1 saturated heterocycles. The van der Waals surface area contributed by atoms with Gasteiger partial charge in [-0.25, -0.2) is 4.98 Å². The number of pyridine rings is 1. The number of nitrogens with zero attached hydrogens (tertiary/aromatic N) is 4. The monoisotopic (exact) mass is 314 g/mol. The summed E-state index contributed by atoms with van der Waals surface area (Å²) in [5.74, 6) is 1.43. The number of piperidine rings is 1. The molecule has 3 heterocycles. The Balaban J connectivity index is 1.68. The van der Waals surface area contributed by atoms with Crippen LogP contribution >= 0.6 is 0 Å². The molecule has 0 unspecified atom stereocenters. The summed E-state index contributed by atoms with van der Waals surface area (Å²) in [6, 6.07) is 3.18. The second-order valence-corrected chi connectivity index (χ2v) is 6.00. The first-order valence-corrected chi connectivity index (χ1v) is 8.07. The predicted molar refractivity (Wildman–Crippen MR) is 87.5 cm³/mol. The van der Waals surface area contributed by atoms with Crippen molar-refractivity contribution in [3.05, 3.63) is 52.5 Å². The van der Waals surface area contributed by atoms with Crippen LogP contribution in [0.25, 0.3) is 0 Å². The van der Waals surface area contributed by atoms with Crippen LogP contribution in [0.5, 0.6) is 0 Å². The van der Waals surface area contributed by atoms with Crippen LogP contribution in [-0.4, -0.2) is 38.0 Å². The first-order chi connectivity index (χ1) is 11.1. The third-order valence-corrected chi connectivity index (χ3v) is 4.59. The maximum Gasteiger partial charge on any atom is 0.254 e. The zero-order valence-electron chi connectivity index (χ0n) is 13.6. The van der Waals surface area contributed by atoms with Gasteiger partial charge in [0.2, 0.25) is 0 Å². The summed E-state index contributed by atoms with van der Waals surface area (Å²) in [5.41, 5.74) is 0.358. The quantitative estimate of drug-likeness (QED) is 0.865. The van der Waals surface area contributed by atoms with Gasteiger partial charge in [-0.15, -0.1) is 0 Å². The fourth-order valence-electron chi connectivity index (χ4n) is 3.20. The van der Waals surface area contributed by atoms with Crippen molar-refractivity contribution in [3.63, 3.8) is 0 Å². The predicted octanol–water partition coefficient (Wildman–Crippen LogP) is 1.62. The molecule has 3 rings (SSSR count). The standard InChI is InChI=1S/C17H22N4O2/c1-3-20-8-6-14(12-15(20)22)17(23)21-9-4-13(5-10-21)16-18-7-11-19(16)2/h6-8,11-13H,3-5,9-10H2,1-2H3. The Labute approximate surface area is 135 Å². The molecule has 23 heavy (non-hydrogen) atoms. The fraction of sp³-hybridized carbons (Fsp3) is 0.471. The van der Waals surface area contributed by atoms with Crippen LogP contribution in [0.1, 0.15) is 41.9 Å². The molecule has 0 bridgehead atoms. The largest absolute Gasteiger partial charge is 0.339 e. The van der Waals surface area contributed by atoms with E-state index in [-0.39, 0.29) is 11.5 Å². The summed E-state index contributed by atoms with van der Waals surface area (Å²) >= 11 is 0. The van der Waals surface area contributed by atoms with Crippen molar-refractivity contribution < 1.29 is 4.79 Å². The second-order valence-electron chi connectivity index (χ2n) is 6.00. The van der Waals surface area contributed by atoms with Gasteiger partial charge in [0.25, 0.3) is 11.5 Å². The van der Waals surface area contributed by atoms with E-state index in [2.05, 4.69) is 4.98 Å². The number of imidazole rings is 1. The molecule has 0 saturated carbocycles. The van der Waals surface area contributed by atoms with Gasteiger partial charge in [-0.2, -0.15) is 0 Å². The zero-order chi connectivity index (χ0) is 16.4. The van der Waals surface area contributed by atoms with Crippen LogP contribution in [0.2, 0.25) is 0 Å². The highest BCUT2D eigenvalue weighted by Gasteiger charge is 2.26. The molecule has 6 heteroatoms. The average Bonchev–Trinajstić information content (AvgIpc) is 3.00. The summed E-state index contributed by atoms with van der Waals surface area (Å²) in [7, 11) is 2.00. The minimum absolute atomic E-state index is 0.0522. The highest BCUT2D eigenvalue weighted by atomic mass is 16.2. The third kappa shape index (κ3) is 3.06. The number of hydrogen-bond acceptors (Lipinski definition) is 3. The first kappa shape index (κ1) is 15.5. The number of amides is 1. The topological polar surface area (TPSA) is 60.1 Å². The smallest absolute Gasteiger partial charge is 0.254 e. The Kier molecular flexibility index (Phi) is 4.32. The van der Waals surface area contributed by atoms with Crippen molar-refractivity contribution in [2.24, 2.45) is 7.05 Å². The van der Waals surface area contributed by atoms with Crippen LogP contribution in [0.4, 0.5) is 0 Å². The lowest BCUT2D eigenvalue weighted by molar-refractivity contribution is 0.0710. The van der Waals surface area contributed by atoms with E-state index in [1.165, 1.54) is 6.07 Å². The molecular formula is C17H22N4O2. The lowest BCUT2D eigenvalue weighted by Crippen LogP contribution is -2.38. The molecule has 0 spiro atoms. The van der Waals surface area contributed by atoms with Crippen molar-refractivity contribution in [1.29, 1.82) is 0 Å². The van der Waals surface area contributed by atoms with Gasteiger partial charge in [0.15, 0.2) is 0 Å². The number of carbonyl (C=O) groups excluding carboxylic acids is 1. The number of aryl methyl sites for hydroxylation is 2. The van der Waals surface area contributed by atoms with Gasteiger partial charge in [-0.1, -0.05) is 0 Å². The maximum absolute atomic E-state index is 12.6. The molecule has 6 nitrogen and oxygen atoms in total. The van der Waals surface area contributed by atoms with Crippen molar-refractivity contribution in [2.75, 3.05) is 13.1 Å². The molecule has 1 fully saturated rings. The van der Waals surface area contributed by atoms with Gasteiger partial charge < -0.3 is 14.0 Å². The van der Waals surface area contributed by atoms with Crippen LogP contribution < -0.4 is 5.56 Å². The van der Waals surface area contributed by atoms with E-state index in [4.69, 9.17) is 0 Å². The fourth-order valence-corrected chi connectivity index (χ4v) is 3.20. The molecule has 1 amide bonds. The zero-order valence-corrected chi connectivity index (χ0v) is 13.6. The molecule has 1 aliphatic heterocycles. The molecular weight excluding hydrogens is 292 g/mol. The number of rotatable bonds is 3. The Morgan fingerprint density at radius 1 is 1.30 bits per heavy atom. The minimum atomic E-state index is -0.124. The molecule has 2 aromatic heterocycles. The number of likely N-dealkylation sites (tertiary alicyclic amines) is 1. The third-order valence-electron chi connectivity index (χ3n) is 4.59. The van der Waals surface area contributed by atoms with E-state index in [0.29, 0.717) is 31.1 Å². The number of carbonyl (C=O) groups is 1. The normalized spacial score (nSPS) is 15.8. The van der Waals surface area contributed by atoms with Gasteiger partial charge in [0.1, 0.15) is 5.82 Å². The Hall–Kier alpha value is -2.37. The van der Waals surface area contributed by atoms with Crippen molar-refractivity contribution >= 4 is 5.91 Å².